The summed E-state index contributed by atoms with van der Waals surface area (Å²) in [6.45, 7) is 0.835. The fourth-order valence-corrected chi connectivity index (χ4v) is 2.37. The number of carbonyl (C=O) groups excluding carboxylic acids is 2. The van der Waals surface area contributed by atoms with E-state index < -0.39 is 0 Å². The van der Waals surface area contributed by atoms with Gasteiger partial charge in [0.2, 0.25) is 5.91 Å². The Bertz CT molecular complexity index is 862. The highest BCUT2D eigenvalue weighted by molar-refractivity contribution is 5.94. The number of nitrogens with one attached hydrogen (secondary N) is 2. The van der Waals surface area contributed by atoms with Crippen LogP contribution in [0.15, 0.2) is 67.1 Å². The molecule has 0 saturated carbocycles. The number of carbonyl (C=O) groups is 2. The number of anilines is 1. The van der Waals surface area contributed by atoms with E-state index in [4.69, 9.17) is 0 Å². The zero-order valence-electron chi connectivity index (χ0n) is 14.1. The lowest BCUT2D eigenvalue weighted by molar-refractivity contribution is -0.116. The molecule has 2 N–H and O–H groups in total. The van der Waals surface area contributed by atoms with Crippen LogP contribution in [0, 0.1) is 0 Å². The van der Waals surface area contributed by atoms with Crippen LogP contribution in [0.1, 0.15) is 22.3 Å². The van der Waals surface area contributed by atoms with Crippen molar-refractivity contribution in [2.75, 3.05) is 11.9 Å². The summed E-state index contributed by atoms with van der Waals surface area (Å²) in [4.78, 5) is 28.0. The lowest BCUT2D eigenvalue weighted by atomic mass is 10.2. The van der Waals surface area contributed by atoms with Crippen LogP contribution in [0.25, 0.3) is 0 Å². The van der Waals surface area contributed by atoms with E-state index in [-0.39, 0.29) is 24.8 Å². The van der Waals surface area contributed by atoms with Crippen molar-refractivity contribution in [3.63, 3.8) is 0 Å². The van der Waals surface area contributed by atoms with Crippen LogP contribution >= 0.6 is 0 Å². The predicted molar refractivity (Wildman–Crippen MR) is 97.6 cm³/mol. The number of rotatable bonds is 7. The molecule has 0 aliphatic carbocycles. The number of amides is 2. The number of pyridine rings is 1. The average Bonchev–Trinajstić information content (AvgIpc) is 3.12. The Kier molecular flexibility index (Phi) is 5.72. The van der Waals surface area contributed by atoms with Gasteiger partial charge in [-0.15, -0.1) is 0 Å². The molecule has 7 nitrogen and oxygen atoms in total. The van der Waals surface area contributed by atoms with Crippen LogP contribution in [0.2, 0.25) is 0 Å². The Hall–Kier alpha value is -3.48. The molecular weight excluding hydrogens is 330 g/mol. The molecule has 0 aliphatic heterocycles. The molecular formula is C19H19N5O2. The van der Waals surface area contributed by atoms with Gasteiger partial charge in [0.05, 0.1) is 18.3 Å². The van der Waals surface area contributed by atoms with Crippen LogP contribution in [0.3, 0.4) is 0 Å². The zero-order valence-corrected chi connectivity index (χ0v) is 14.1. The maximum absolute atomic E-state index is 12.1. The van der Waals surface area contributed by atoms with Crippen molar-refractivity contribution in [2.24, 2.45) is 0 Å². The van der Waals surface area contributed by atoms with Crippen molar-refractivity contribution < 1.29 is 9.59 Å². The van der Waals surface area contributed by atoms with Crippen molar-refractivity contribution in [2.45, 2.75) is 13.0 Å². The van der Waals surface area contributed by atoms with Crippen molar-refractivity contribution in [1.29, 1.82) is 0 Å². The summed E-state index contributed by atoms with van der Waals surface area (Å²) in [6, 6.07) is 15.1. The third-order valence-electron chi connectivity index (χ3n) is 3.65. The lowest BCUT2D eigenvalue weighted by Crippen LogP contribution is -2.27. The van der Waals surface area contributed by atoms with Crippen LogP contribution in [0.4, 0.5) is 5.82 Å². The minimum Gasteiger partial charge on any atom is -0.351 e. The number of benzene rings is 1. The third-order valence-corrected chi connectivity index (χ3v) is 3.65. The highest BCUT2D eigenvalue weighted by atomic mass is 16.2. The largest absolute Gasteiger partial charge is 0.351 e. The maximum Gasteiger partial charge on any atom is 0.254 e. The maximum atomic E-state index is 12.1. The van der Waals surface area contributed by atoms with Gasteiger partial charge in [-0.25, -0.2) is 4.98 Å². The Morgan fingerprint density at radius 3 is 2.62 bits per heavy atom. The second kappa shape index (κ2) is 8.57. The summed E-state index contributed by atoms with van der Waals surface area (Å²) in [5, 5.41) is 9.59. The molecule has 0 spiro atoms. The van der Waals surface area contributed by atoms with Gasteiger partial charge >= 0.3 is 0 Å². The molecule has 0 saturated heterocycles. The topological polar surface area (TPSA) is 88.9 Å². The Labute approximate surface area is 151 Å². The molecule has 7 heteroatoms. The molecule has 2 amide bonds. The van der Waals surface area contributed by atoms with E-state index >= 15 is 0 Å². The number of nitrogens with zero attached hydrogens (tertiary/aromatic N) is 3. The van der Waals surface area contributed by atoms with Gasteiger partial charge in [-0.05, 0) is 17.7 Å². The normalized spacial score (nSPS) is 10.3. The molecule has 0 unspecified atom stereocenters. The molecule has 0 atom stereocenters. The fraction of sp³-hybridized carbons (Fsp3) is 0.158. The summed E-state index contributed by atoms with van der Waals surface area (Å²) in [7, 11) is 0. The van der Waals surface area contributed by atoms with Gasteiger partial charge in [0, 0.05) is 25.4 Å². The van der Waals surface area contributed by atoms with Gasteiger partial charge in [0.1, 0.15) is 5.82 Å². The van der Waals surface area contributed by atoms with Crippen LogP contribution < -0.4 is 10.6 Å². The number of hydrogen-bond donors (Lipinski definition) is 2. The molecule has 0 bridgehead atoms. The molecule has 2 heterocycles. The first-order valence-corrected chi connectivity index (χ1v) is 8.26. The van der Waals surface area contributed by atoms with E-state index in [1.165, 1.54) is 6.20 Å². The molecule has 3 rings (SSSR count). The first kappa shape index (κ1) is 17.3. The van der Waals surface area contributed by atoms with Gasteiger partial charge < -0.3 is 10.6 Å². The monoisotopic (exact) mass is 349 g/mol. The van der Waals surface area contributed by atoms with Crippen molar-refractivity contribution in [3.05, 3.63) is 78.2 Å². The Morgan fingerprint density at radius 1 is 1.04 bits per heavy atom. The van der Waals surface area contributed by atoms with Gasteiger partial charge in [-0.2, -0.15) is 5.10 Å². The van der Waals surface area contributed by atoms with Crippen molar-refractivity contribution >= 4 is 17.6 Å². The summed E-state index contributed by atoms with van der Waals surface area (Å²) in [6.07, 6.45) is 4.98. The van der Waals surface area contributed by atoms with Crippen LogP contribution in [-0.4, -0.2) is 33.1 Å². The first-order chi connectivity index (χ1) is 12.7. The van der Waals surface area contributed by atoms with Crippen LogP contribution in [0.5, 0.6) is 0 Å². The van der Waals surface area contributed by atoms with E-state index in [0.717, 1.165) is 5.56 Å². The summed E-state index contributed by atoms with van der Waals surface area (Å²) >= 11 is 0. The molecule has 0 aliphatic rings. The summed E-state index contributed by atoms with van der Waals surface area (Å²) in [5.74, 6) is 0.0322. The molecule has 0 fully saturated rings. The Balaban J connectivity index is 1.44. The highest BCUT2D eigenvalue weighted by Crippen LogP contribution is 2.04. The number of aromatic nitrogens is 3. The quantitative estimate of drug-likeness (QED) is 0.683. The van der Waals surface area contributed by atoms with E-state index in [1.807, 2.05) is 30.3 Å². The second-order valence-corrected chi connectivity index (χ2v) is 5.68. The smallest absolute Gasteiger partial charge is 0.254 e. The van der Waals surface area contributed by atoms with Crippen molar-refractivity contribution in [1.82, 2.24) is 20.1 Å². The molecule has 132 valence electrons. The molecule has 3 aromatic rings. The van der Waals surface area contributed by atoms with E-state index in [2.05, 4.69) is 20.7 Å². The standard InChI is InChI=1S/C19H19N5O2/c25-18(23-17-8-4-5-10-20-17)9-11-21-19(26)16-12-22-24(14-16)13-15-6-2-1-3-7-15/h1-8,10,12,14H,9,11,13H2,(H,21,26)(H,20,23,25). The highest BCUT2D eigenvalue weighted by Gasteiger charge is 2.10. The van der Waals surface area contributed by atoms with E-state index in [9.17, 15) is 9.59 Å². The SMILES string of the molecule is O=C(CCNC(=O)c1cnn(Cc2ccccc2)c1)Nc1ccccn1. The van der Waals surface area contributed by atoms with Crippen LogP contribution in [-0.2, 0) is 11.3 Å². The van der Waals surface area contributed by atoms with Gasteiger partial charge in [0.25, 0.3) is 5.91 Å². The van der Waals surface area contributed by atoms with Gasteiger partial charge in [-0.3, -0.25) is 14.3 Å². The number of hydrogen-bond acceptors (Lipinski definition) is 4. The molecule has 2 aromatic heterocycles. The Morgan fingerprint density at radius 2 is 1.85 bits per heavy atom. The first-order valence-electron chi connectivity index (χ1n) is 8.26. The zero-order chi connectivity index (χ0) is 18.2. The van der Waals surface area contributed by atoms with Gasteiger partial charge in [0.15, 0.2) is 0 Å². The van der Waals surface area contributed by atoms with E-state index in [0.29, 0.717) is 17.9 Å². The van der Waals surface area contributed by atoms with Crippen molar-refractivity contribution in [3.8, 4) is 0 Å². The predicted octanol–water partition coefficient (Wildman–Crippen LogP) is 2.08. The molecule has 1 aromatic carbocycles. The summed E-state index contributed by atoms with van der Waals surface area (Å²) < 4.78 is 1.71. The van der Waals surface area contributed by atoms with Gasteiger partial charge in [-0.1, -0.05) is 36.4 Å². The second-order valence-electron chi connectivity index (χ2n) is 5.68. The average molecular weight is 349 g/mol. The lowest BCUT2D eigenvalue weighted by Gasteiger charge is -2.05. The minimum absolute atomic E-state index is 0.167. The van der Waals surface area contributed by atoms with E-state index in [1.54, 1.807) is 35.3 Å². The minimum atomic E-state index is -0.255. The third kappa shape index (κ3) is 5.01. The summed E-state index contributed by atoms with van der Waals surface area (Å²) in [5.41, 5.74) is 1.57. The molecule has 0 radical (unpaired) electrons. The fourth-order valence-electron chi connectivity index (χ4n) is 2.37. The molecule has 26 heavy (non-hydrogen) atoms.